The van der Waals surface area contributed by atoms with Gasteiger partial charge in [-0.25, -0.2) is 0 Å². The average molecular weight is 272 g/mol. The van der Waals surface area contributed by atoms with Gasteiger partial charge in [-0.05, 0) is 18.9 Å². The lowest BCUT2D eigenvalue weighted by atomic mass is 10.1. The van der Waals surface area contributed by atoms with Crippen LogP contribution in [0.25, 0.3) is 0 Å². The zero-order chi connectivity index (χ0) is 14.5. The third-order valence-electron chi connectivity index (χ3n) is 3.43. The molecular formula is C15H20N4O. The van der Waals surface area contributed by atoms with E-state index in [9.17, 15) is 4.79 Å². The lowest BCUT2D eigenvalue weighted by molar-refractivity contribution is -0.122. The molecule has 0 aliphatic carbocycles. The van der Waals surface area contributed by atoms with Crippen LogP contribution in [-0.4, -0.2) is 21.7 Å². The summed E-state index contributed by atoms with van der Waals surface area (Å²) in [6.45, 7) is 2.43. The van der Waals surface area contributed by atoms with E-state index in [-0.39, 0.29) is 5.91 Å². The third-order valence-corrected chi connectivity index (χ3v) is 3.43. The summed E-state index contributed by atoms with van der Waals surface area (Å²) in [4.78, 5) is 12.0. The third kappa shape index (κ3) is 3.45. The summed E-state index contributed by atoms with van der Waals surface area (Å²) >= 11 is 0. The second-order valence-corrected chi connectivity index (χ2v) is 4.89. The molecule has 0 aliphatic rings. The maximum atomic E-state index is 12.0. The van der Waals surface area contributed by atoms with Crippen molar-refractivity contribution in [3.63, 3.8) is 0 Å². The van der Waals surface area contributed by atoms with Crippen LogP contribution >= 0.6 is 0 Å². The quantitative estimate of drug-likeness (QED) is 0.850. The molecule has 1 amide bonds. The number of benzene rings is 1. The SMILES string of the molecule is Cc1c(CNC(=O)[C@H](N)Cc2ccccc2)cnn1C. The number of hydrogen-bond donors (Lipinski definition) is 2. The lowest BCUT2D eigenvalue weighted by Gasteiger charge is -2.12. The summed E-state index contributed by atoms with van der Waals surface area (Å²) < 4.78 is 1.78. The predicted molar refractivity (Wildman–Crippen MR) is 77.9 cm³/mol. The molecule has 0 fully saturated rings. The Balaban J connectivity index is 1.87. The van der Waals surface area contributed by atoms with E-state index in [2.05, 4.69) is 10.4 Å². The summed E-state index contributed by atoms with van der Waals surface area (Å²) in [7, 11) is 1.88. The van der Waals surface area contributed by atoms with Crippen molar-refractivity contribution in [3.8, 4) is 0 Å². The smallest absolute Gasteiger partial charge is 0.237 e. The number of rotatable bonds is 5. The standard InChI is InChI=1S/C15H20N4O/c1-11-13(10-18-19(11)2)9-17-15(20)14(16)8-12-6-4-3-5-7-12/h3-7,10,14H,8-9,16H2,1-2H3,(H,17,20)/t14-/m1/s1. The van der Waals surface area contributed by atoms with Crippen LogP contribution in [0.4, 0.5) is 0 Å². The summed E-state index contributed by atoms with van der Waals surface area (Å²) in [5.74, 6) is -0.142. The van der Waals surface area contributed by atoms with Crippen molar-refractivity contribution in [2.75, 3.05) is 0 Å². The fourth-order valence-electron chi connectivity index (χ4n) is 1.99. The molecule has 5 nitrogen and oxygen atoms in total. The Morgan fingerprint density at radius 1 is 1.40 bits per heavy atom. The first kappa shape index (κ1) is 14.3. The predicted octanol–water partition coefficient (Wildman–Crippen LogP) is 0.915. The van der Waals surface area contributed by atoms with Crippen molar-refractivity contribution < 1.29 is 4.79 Å². The molecule has 1 heterocycles. The van der Waals surface area contributed by atoms with Crippen LogP contribution in [0.1, 0.15) is 16.8 Å². The van der Waals surface area contributed by atoms with Crippen LogP contribution in [0.5, 0.6) is 0 Å². The Kier molecular flexibility index (Phi) is 4.53. The van der Waals surface area contributed by atoms with E-state index in [0.717, 1.165) is 16.8 Å². The fraction of sp³-hybridized carbons (Fsp3) is 0.333. The van der Waals surface area contributed by atoms with E-state index in [1.165, 1.54) is 0 Å². The van der Waals surface area contributed by atoms with Crippen LogP contribution in [-0.2, 0) is 24.8 Å². The second kappa shape index (κ2) is 6.34. The molecule has 0 unspecified atom stereocenters. The van der Waals surface area contributed by atoms with E-state index in [0.29, 0.717) is 13.0 Å². The molecule has 5 heteroatoms. The molecule has 0 saturated heterocycles. The zero-order valence-corrected chi connectivity index (χ0v) is 11.8. The number of nitrogens with two attached hydrogens (primary N) is 1. The minimum atomic E-state index is -0.533. The number of nitrogens with one attached hydrogen (secondary N) is 1. The Labute approximate surface area is 118 Å². The second-order valence-electron chi connectivity index (χ2n) is 4.89. The van der Waals surface area contributed by atoms with Gasteiger partial charge in [0, 0.05) is 24.8 Å². The Morgan fingerprint density at radius 3 is 2.70 bits per heavy atom. The zero-order valence-electron chi connectivity index (χ0n) is 11.8. The van der Waals surface area contributed by atoms with Gasteiger partial charge in [-0.3, -0.25) is 9.48 Å². The monoisotopic (exact) mass is 272 g/mol. The van der Waals surface area contributed by atoms with Gasteiger partial charge in [0.1, 0.15) is 0 Å². The molecule has 20 heavy (non-hydrogen) atoms. The van der Waals surface area contributed by atoms with Gasteiger partial charge in [0.15, 0.2) is 0 Å². The van der Waals surface area contributed by atoms with Crippen molar-refractivity contribution in [2.45, 2.75) is 25.9 Å². The molecule has 1 aromatic carbocycles. The maximum Gasteiger partial charge on any atom is 0.237 e. The first-order chi connectivity index (χ1) is 9.58. The van der Waals surface area contributed by atoms with Crippen molar-refractivity contribution in [1.82, 2.24) is 15.1 Å². The van der Waals surface area contributed by atoms with Crippen molar-refractivity contribution in [1.29, 1.82) is 0 Å². The first-order valence-corrected chi connectivity index (χ1v) is 6.62. The van der Waals surface area contributed by atoms with E-state index in [4.69, 9.17) is 5.73 Å². The van der Waals surface area contributed by atoms with Gasteiger partial charge in [0.2, 0.25) is 5.91 Å². The number of carbonyl (C=O) groups excluding carboxylic acids is 1. The number of carbonyl (C=O) groups is 1. The molecule has 3 N–H and O–H groups in total. The molecular weight excluding hydrogens is 252 g/mol. The van der Waals surface area contributed by atoms with Crippen molar-refractivity contribution in [3.05, 3.63) is 53.3 Å². The van der Waals surface area contributed by atoms with Crippen LogP contribution in [0, 0.1) is 6.92 Å². The molecule has 0 bridgehead atoms. The summed E-state index contributed by atoms with van der Waals surface area (Å²) in [5, 5.41) is 7.00. The summed E-state index contributed by atoms with van der Waals surface area (Å²) in [5.41, 5.74) is 9.04. The molecule has 0 spiro atoms. The van der Waals surface area contributed by atoms with Gasteiger partial charge in [-0.2, -0.15) is 5.10 Å². The highest BCUT2D eigenvalue weighted by molar-refractivity contribution is 5.81. The minimum absolute atomic E-state index is 0.142. The molecule has 2 rings (SSSR count). The lowest BCUT2D eigenvalue weighted by Crippen LogP contribution is -2.41. The molecule has 2 aromatic rings. The van der Waals surface area contributed by atoms with Crippen LogP contribution in [0.15, 0.2) is 36.5 Å². The Hall–Kier alpha value is -2.14. The minimum Gasteiger partial charge on any atom is -0.351 e. The molecule has 0 saturated carbocycles. The van der Waals surface area contributed by atoms with Gasteiger partial charge < -0.3 is 11.1 Å². The van der Waals surface area contributed by atoms with Gasteiger partial charge in [-0.1, -0.05) is 30.3 Å². The van der Waals surface area contributed by atoms with Gasteiger partial charge in [0.25, 0.3) is 0 Å². The Bertz CT molecular complexity index is 577. The topological polar surface area (TPSA) is 72.9 Å². The largest absolute Gasteiger partial charge is 0.351 e. The van der Waals surface area contributed by atoms with Gasteiger partial charge >= 0.3 is 0 Å². The molecule has 0 aliphatic heterocycles. The fourth-order valence-corrected chi connectivity index (χ4v) is 1.99. The highest BCUT2D eigenvalue weighted by Crippen LogP contribution is 2.05. The van der Waals surface area contributed by atoms with E-state index >= 15 is 0 Å². The van der Waals surface area contributed by atoms with Crippen LogP contribution < -0.4 is 11.1 Å². The van der Waals surface area contributed by atoms with E-state index in [1.807, 2.05) is 44.3 Å². The normalized spacial score (nSPS) is 12.2. The van der Waals surface area contributed by atoms with Crippen LogP contribution in [0.2, 0.25) is 0 Å². The summed E-state index contributed by atoms with van der Waals surface area (Å²) in [6.07, 6.45) is 2.30. The number of aromatic nitrogens is 2. The van der Waals surface area contributed by atoms with Crippen molar-refractivity contribution >= 4 is 5.91 Å². The van der Waals surface area contributed by atoms with E-state index in [1.54, 1.807) is 10.9 Å². The van der Waals surface area contributed by atoms with E-state index < -0.39 is 6.04 Å². The highest BCUT2D eigenvalue weighted by atomic mass is 16.2. The molecule has 1 atom stereocenters. The highest BCUT2D eigenvalue weighted by Gasteiger charge is 2.14. The average Bonchev–Trinajstić information content (AvgIpc) is 2.77. The first-order valence-electron chi connectivity index (χ1n) is 6.62. The van der Waals surface area contributed by atoms with Gasteiger partial charge in [-0.15, -0.1) is 0 Å². The number of amides is 1. The van der Waals surface area contributed by atoms with Gasteiger partial charge in [0.05, 0.1) is 12.2 Å². The number of nitrogens with zero attached hydrogens (tertiary/aromatic N) is 2. The summed E-state index contributed by atoms with van der Waals surface area (Å²) in [6, 6.07) is 9.24. The molecule has 0 radical (unpaired) electrons. The number of hydrogen-bond acceptors (Lipinski definition) is 3. The Morgan fingerprint density at radius 2 is 2.10 bits per heavy atom. The molecule has 1 aromatic heterocycles. The molecule has 106 valence electrons. The van der Waals surface area contributed by atoms with Crippen LogP contribution in [0.3, 0.4) is 0 Å². The van der Waals surface area contributed by atoms with Crippen molar-refractivity contribution in [2.24, 2.45) is 12.8 Å². The maximum absolute atomic E-state index is 12.0. The number of aryl methyl sites for hydroxylation is 1.